The number of rotatable bonds is 7. The van der Waals surface area contributed by atoms with Crippen LogP contribution >= 0.6 is 22.7 Å². The lowest BCUT2D eigenvalue weighted by Crippen LogP contribution is -2.11. The Kier molecular flexibility index (Phi) is 8.62. The van der Waals surface area contributed by atoms with Crippen LogP contribution in [0.15, 0.2) is 224 Å². The maximum atomic E-state index is 2.52. The first-order valence-electron chi connectivity index (χ1n) is 20.7. The standard InChI is InChI=1S/C58H37NS2/c1-3-12-38(13-4-1)46-30-33-50-55(37-46)60-54-21-11-19-51(56(50)54)59(52-35-34-48(43-15-5-2-6-16-43)58-57(52)49-18-9-10-20-53(49)61-58)47-31-28-41(29-32-47)40-22-24-42(25-23-40)45-27-26-39-14-7-8-17-44(39)36-45/h1-37H. The number of thiophene rings is 2. The van der Waals surface area contributed by atoms with Gasteiger partial charge in [0.05, 0.1) is 11.4 Å². The summed E-state index contributed by atoms with van der Waals surface area (Å²) in [4.78, 5) is 2.52. The van der Waals surface area contributed by atoms with Crippen molar-refractivity contribution in [3.8, 4) is 44.5 Å². The van der Waals surface area contributed by atoms with Crippen LogP contribution in [0.1, 0.15) is 0 Å². The molecule has 0 atom stereocenters. The van der Waals surface area contributed by atoms with Crippen LogP contribution in [-0.2, 0) is 0 Å². The Labute approximate surface area is 362 Å². The molecule has 3 heteroatoms. The van der Waals surface area contributed by atoms with E-state index in [0.29, 0.717) is 0 Å². The molecule has 286 valence electrons. The van der Waals surface area contributed by atoms with E-state index in [1.165, 1.54) is 107 Å². The summed E-state index contributed by atoms with van der Waals surface area (Å²) >= 11 is 3.76. The molecule has 1 nitrogen and oxygen atoms in total. The van der Waals surface area contributed by atoms with Crippen LogP contribution in [0.2, 0.25) is 0 Å². The van der Waals surface area contributed by atoms with Gasteiger partial charge in [-0.2, -0.15) is 0 Å². The van der Waals surface area contributed by atoms with Crippen LogP contribution in [0.5, 0.6) is 0 Å². The van der Waals surface area contributed by atoms with Gasteiger partial charge in [0, 0.05) is 46.0 Å². The minimum absolute atomic E-state index is 1.12. The van der Waals surface area contributed by atoms with Crippen LogP contribution in [0, 0.1) is 0 Å². The summed E-state index contributed by atoms with van der Waals surface area (Å²) in [7, 11) is 0. The largest absolute Gasteiger partial charge is 0.309 e. The molecule has 2 heterocycles. The predicted molar refractivity (Wildman–Crippen MR) is 266 cm³/mol. The van der Waals surface area contributed by atoms with Crippen molar-refractivity contribution in [3.63, 3.8) is 0 Å². The van der Waals surface area contributed by atoms with E-state index >= 15 is 0 Å². The minimum Gasteiger partial charge on any atom is -0.309 e. The van der Waals surface area contributed by atoms with Crippen LogP contribution in [0.4, 0.5) is 17.1 Å². The van der Waals surface area contributed by atoms with Crippen molar-refractivity contribution >= 4 is 90.9 Å². The Morgan fingerprint density at radius 3 is 1.64 bits per heavy atom. The summed E-state index contributed by atoms with van der Waals surface area (Å²) < 4.78 is 5.15. The fourth-order valence-corrected chi connectivity index (χ4v) is 11.5. The molecule has 0 fully saturated rings. The highest BCUT2D eigenvalue weighted by Crippen LogP contribution is 2.51. The molecular weight excluding hydrogens is 775 g/mol. The van der Waals surface area contributed by atoms with E-state index < -0.39 is 0 Å². The van der Waals surface area contributed by atoms with E-state index in [2.05, 4.69) is 229 Å². The predicted octanol–water partition coefficient (Wildman–Crippen LogP) is 17.7. The minimum atomic E-state index is 1.12. The first-order valence-corrected chi connectivity index (χ1v) is 22.4. The number of anilines is 3. The number of nitrogens with zero attached hydrogens (tertiary/aromatic N) is 1. The fourth-order valence-electron chi connectivity index (χ4n) is 9.08. The van der Waals surface area contributed by atoms with Gasteiger partial charge in [-0.15, -0.1) is 22.7 Å². The van der Waals surface area contributed by atoms with Crippen LogP contribution in [0.3, 0.4) is 0 Å². The molecule has 0 saturated heterocycles. The maximum absolute atomic E-state index is 2.52. The monoisotopic (exact) mass is 811 g/mol. The number of benzene rings is 10. The Morgan fingerprint density at radius 1 is 0.295 bits per heavy atom. The molecule has 0 unspecified atom stereocenters. The molecule has 12 rings (SSSR count). The third kappa shape index (κ3) is 6.21. The van der Waals surface area contributed by atoms with Gasteiger partial charge in [0.1, 0.15) is 0 Å². The molecule has 10 aromatic carbocycles. The molecule has 0 spiro atoms. The van der Waals surface area contributed by atoms with Gasteiger partial charge in [-0.1, -0.05) is 176 Å². The molecule has 2 aromatic heterocycles. The fraction of sp³-hybridized carbons (Fsp3) is 0. The summed E-state index contributed by atoms with van der Waals surface area (Å²) in [6.45, 7) is 0. The van der Waals surface area contributed by atoms with Crippen molar-refractivity contribution in [1.29, 1.82) is 0 Å². The van der Waals surface area contributed by atoms with E-state index in [-0.39, 0.29) is 0 Å². The lowest BCUT2D eigenvalue weighted by atomic mass is 9.97. The molecule has 0 radical (unpaired) electrons. The van der Waals surface area contributed by atoms with Crippen molar-refractivity contribution in [2.24, 2.45) is 0 Å². The Balaban J connectivity index is 1.03. The highest BCUT2D eigenvalue weighted by atomic mass is 32.1. The third-order valence-electron chi connectivity index (χ3n) is 12.1. The Bertz CT molecular complexity index is 3560. The zero-order valence-corrected chi connectivity index (χ0v) is 34.8. The molecule has 61 heavy (non-hydrogen) atoms. The van der Waals surface area contributed by atoms with Gasteiger partial charge in [-0.05, 0) is 104 Å². The van der Waals surface area contributed by atoms with Crippen LogP contribution in [0.25, 0.3) is 95.6 Å². The number of fused-ring (bicyclic) bond motifs is 7. The zero-order valence-electron chi connectivity index (χ0n) is 33.1. The average molecular weight is 812 g/mol. The first-order chi connectivity index (χ1) is 30.2. The molecule has 0 amide bonds. The van der Waals surface area contributed by atoms with E-state index in [1.807, 2.05) is 22.7 Å². The summed E-state index contributed by atoms with van der Waals surface area (Å²) in [5, 5.41) is 7.62. The molecule has 0 N–H and O–H groups in total. The van der Waals surface area contributed by atoms with Gasteiger partial charge in [0.15, 0.2) is 0 Å². The second-order valence-electron chi connectivity index (χ2n) is 15.7. The molecule has 0 saturated carbocycles. The summed E-state index contributed by atoms with van der Waals surface area (Å²) in [5.41, 5.74) is 13.3. The Hall–Kier alpha value is -7.30. The summed E-state index contributed by atoms with van der Waals surface area (Å²) in [6, 6.07) is 82.4. The third-order valence-corrected chi connectivity index (χ3v) is 14.4. The molecule has 0 aliphatic heterocycles. The van der Waals surface area contributed by atoms with Gasteiger partial charge in [0.25, 0.3) is 0 Å². The maximum Gasteiger partial charge on any atom is 0.0555 e. The van der Waals surface area contributed by atoms with Crippen LogP contribution < -0.4 is 4.90 Å². The molecule has 0 aliphatic rings. The second-order valence-corrected chi connectivity index (χ2v) is 17.8. The quantitative estimate of drug-likeness (QED) is 0.155. The summed E-state index contributed by atoms with van der Waals surface area (Å²) in [5.74, 6) is 0. The Morgan fingerprint density at radius 2 is 0.852 bits per heavy atom. The molecule has 0 bridgehead atoms. The van der Waals surface area contributed by atoms with Crippen molar-refractivity contribution in [1.82, 2.24) is 0 Å². The average Bonchev–Trinajstić information content (AvgIpc) is 3.92. The van der Waals surface area contributed by atoms with Gasteiger partial charge in [-0.3, -0.25) is 0 Å². The SMILES string of the molecule is c1ccc(-c2ccc3c(c2)sc2cccc(N(c4ccc(-c5ccc(-c6ccc7ccccc7c6)cc5)cc4)c4ccc(-c5ccccc5)c5sc6ccccc6c45)c23)cc1. The van der Waals surface area contributed by atoms with Gasteiger partial charge < -0.3 is 4.90 Å². The first kappa shape index (κ1) is 35.6. The molecule has 0 aliphatic carbocycles. The van der Waals surface area contributed by atoms with E-state index in [9.17, 15) is 0 Å². The normalized spacial score (nSPS) is 11.6. The second kappa shape index (κ2) is 14.8. The van der Waals surface area contributed by atoms with Gasteiger partial charge in [-0.25, -0.2) is 0 Å². The van der Waals surface area contributed by atoms with Crippen molar-refractivity contribution < 1.29 is 0 Å². The zero-order chi connectivity index (χ0) is 40.3. The smallest absolute Gasteiger partial charge is 0.0555 e. The summed E-state index contributed by atoms with van der Waals surface area (Å²) in [6.07, 6.45) is 0. The van der Waals surface area contributed by atoms with E-state index in [0.717, 1.165) is 5.69 Å². The van der Waals surface area contributed by atoms with Crippen molar-refractivity contribution in [2.75, 3.05) is 4.90 Å². The van der Waals surface area contributed by atoms with Gasteiger partial charge >= 0.3 is 0 Å². The highest BCUT2D eigenvalue weighted by molar-refractivity contribution is 7.26. The van der Waals surface area contributed by atoms with E-state index in [4.69, 9.17) is 0 Å². The van der Waals surface area contributed by atoms with Crippen molar-refractivity contribution in [2.45, 2.75) is 0 Å². The lowest BCUT2D eigenvalue weighted by molar-refractivity contribution is 1.32. The molecule has 12 aromatic rings. The van der Waals surface area contributed by atoms with Gasteiger partial charge in [0.2, 0.25) is 0 Å². The number of hydrogen-bond acceptors (Lipinski definition) is 3. The molecular formula is C58H37NS2. The van der Waals surface area contributed by atoms with Crippen LogP contribution in [-0.4, -0.2) is 0 Å². The van der Waals surface area contributed by atoms with E-state index in [1.54, 1.807) is 0 Å². The topological polar surface area (TPSA) is 3.24 Å². The number of hydrogen-bond donors (Lipinski definition) is 0. The van der Waals surface area contributed by atoms with Crippen molar-refractivity contribution in [3.05, 3.63) is 224 Å². The highest BCUT2D eigenvalue weighted by Gasteiger charge is 2.24. The lowest BCUT2D eigenvalue weighted by Gasteiger charge is -2.28.